The van der Waals surface area contributed by atoms with Gasteiger partial charge in [-0.3, -0.25) is 9.00 Å². The second-order valence-electron chi connectivity index (χ2n) is 3.99. The second-order valence-corrected chi connectivity index (χ2v) is 5.54. The molecule has 0 fully saturated rings. The third kappa shape index (κ3) is 4.30. The summed E-state index contributed by atoms with van der Waals surface area (Å²) in [4.78, 5) is 11.4. The molecular weight excluding hydrogens is 248 g/mol. The SMILES string of the molecule is CC(=O)c1ccc(C#N)cc1NCCCS(C)=O. The van der Waals surface area contributed by atoms with Crippen molar-refractivity contribution in [1.29, 1.82) is 5.26 Å². The van der Waals surface area contributed by atoms with Crippen molar-refractivity contribution in [2.24, 2.45) is 0 Å². The van der Waals surface area contributed by atoms with Crippen molar-refractivity contribution in [3.63, 3.8) is 0 Å². The van der Waals surface area contributed by atoms with Gasteiger partial charge in [0.05, 0.1) is 11.6 Å². The lowest BCUT2D eigenvalue weighted by molar-refractivity contribution is 0.101. The van der Waals surface area contributed by atoms with E-state index in [-0.39, 0.29) is 5.78 Å². The van der Waals surface area contributed by atoms with Gasteiger partial charge in [0.2, 0.25) is 0 Å². The number of hydrogen-bond acceptors (Lipinski definition) is 4. The molecule has 0 saturated heterocycles. The molecular formula is C13H16N2O2S. The molecule has 0 spiro atoms. The maximum absolute atomic E-state index is 11.4. The molecule has 0 saturated carbocycles. The van der Waals surface area contributed by atoms with Crippen LogP contribution >= 0.6 is 0 Å². The molecule has 1 rings (SSSR count). The summed E-state index contributed by atoms with van der Waals surface area (Å²) in [5.41, 5.74) is 1.76. The number of ketones is 1. The van der Waals surface area contributed by atoms with Gasteiger partial charge in [0, 0.05) is 40.6 Å². The first-order valence-corrected chi connectivity index (χ1v) is 7.36. The van der Waals surface area contributed by atoms with Gasteiger partial charge in [-0.2, -0.15) is 5.26 Å². The normalized spacial score (nSPS) is 11.6. The number of benzene rings is 1. The predicted molar refractivity (Wildman–Crippen MR) is 73.2 cm³/mol. The molecule has 96 valence electrons. The van der Waals surface area contributed by atoms with E-state index in [0.717, 1.165) is 6.42 Å². The number of anilines is 1. The first-order valence-electron chi connectivity index (χ1n) is 5.63. The van der Waals surface area contributed by atoms with Crippen molar-refractivity contribution in [2.45, 2.75) is 13.3 Å². The maximum atomic E-state index is 11.4. The average molecular weight is 264 g/mol. The second kappa shape index (κ2) is 6.92. The summed E-state index contributed by atoms with van der Waals surface area (Å²) < 4.78 is 10.9. The molecule has 1 N–H and O–H groups in total. The average Bonchev–Trinajstić information content (AvgIpc) is 2.33. The molecule has 0 amide bonds. The zero-order valence-corrected chi connectivity index (χ0v) is 11.3. The smallest absolute Gasteiger partial charge is 0.161 e. The minimum Gasteiger partial charge on any atom is -0.384 e. The van der Waals surface area contributed by atoms with E-state index < -0.39 is 10.8 Å². The van der Waals surface area contributed by atoms with Gasteiger partial charge in [-0.25, -0.2) is 0 Å². The van der Waals surface area contributed by atoms with E-state index in [1.54, 1.807) is 24.5 Å². The summed E-state index contributed by atoms with van der Waals surface area (Å²) in [5, 5.41) is 12.0. The molecule has 0 aliphatic rings. The van der Waals surface area contributed by atoms with Crippen LogP contribution in [0.1, 0.15) is 29.3 Å². The lowest BCUT2D eigenvalue weighted by atomic mass is 10.1. The summed E-state index contributed by atoms with van der Waals surface area (Å²) in [6.45, 7) is 2.13. The highest BCUT2D eigenvalue weighted by Crippen LogP contribution is 2.18. The van der Waals surface area contributed by atoms with Crippen LogP contribution in [0.15, 0.2) is 18.2 Å². The van der Waals surface area contributed by atoms with Crippen LogP contribution in [-0.2, 0) is 10.8 Å². The lowest BCUT2D eigenvalue weighted by Crippen LogP contribution is -2.09. The summed E-state index contributed by atoms with van der Waals surface area (Å²) in [6.07, 6.45) is 2.43. The predicted octanol–water partition coefficient (Wildman–Crippen LogP) is 1.94. The third-order valence-electron chi connectivity index (χ3n) is 2.45. The van der Waals surface area contributed by atoms with Crippen LogP contribution < -0.4 is 5.32 Å². The van der Waals surface area contributed by atoms with Gasteiger partial charge >= 0.3 is 0 Å². The summed E-state index contributed by atoms with van der Waals surface area (Å²) in [6, 6.07) is 6.99. The van der Waals surface area contributed by atoms with E-state index in [1.807, 2.05) is 6.07 Å². The number of Topliss-reactive ketones (excluding diaryl/α,β-unsaturated/α-hetero) is 1. The van der Waals surface area contributed by atoms with E-state index in [1.165, 1.54) is 6.92 Å². The van der Waals surface area contributed by atoms with Crippen LogP contribution in [-0.4, -0.2) is 28.5 Å². The summed E-state index contributed by atoms with van der Waals surface area (Å²) >= 11 is 0. The lowest BCUT2D eigenvalue weighted by Gasteiger charge is -2.10. The number of carbonyl (C=O) groups excluding carboxylic acids is 1. The van der Waals surface area contributed by atoms with Crippen molar-refractivity contribution in [3.8, 4) is 6.07 Å². The highest BCUT2D eigenvalue weighted by Gasteiger charge is 2.07. The van der Waals surface area contributed by atoms with Crippen LogP contribution in [0.25, 0.3) is 0 Å². The van der Waals surface area contributed by atoms with E-state index in [0.29, 0.717) is 29.1 Å². The molecule has 1 aromatic carbocycles. The number of carbonyl (C=O) groups is 1. The highest BCUT2D eigenvalue weighted by molar-refractivity contribution is 7.84. The minimum absolute atomic E-state index is 0.0407. The van der Waals surface area contributed by atoms with E-state index >= 15 is 0 Å². The van der Waals surface area contributed by atoms with Crippen molar-refractivity contribution in [3.05, 3.63) is 29.3 Å². The molecule has 0 aliphatic carbocycles. The van der Waals surface area contributed by atoms with Crippen molar-refractivity contribution in [1.82, 2.24) is 0 Å². The monoisotopic (exact) mass is 264 g/mol. The fourth-order valence-electron chi connectivity index (χ4n) is 1.57. The molecule has 0 heterocycles. The number of hydrogen-bond donors (Lipinski definition) is 1. The molecule has 0 bridgehead atoms. The quantitative estimate of drug-likeness (QED) is 0.629. The third-order valence-corrected chi connectivity index (χ3v) is 3.32. The molecule has 1 atom stereocenters. The fraction of sp³-hybridized carbons (Fsp3) is 0.385. The molecule has 18 heavy (non-hydrogen) atoms. The molecule has 1 aromatic rings. The fourth-order valence-corrected chi connectivity index (χ4v) is 2.12. The van der Waals surface area contributed by atoms with Gasteiger partial charge in [0.15, 0.2) is 5.78 Å². The zero-order valence-electron chi connectivity index (χ0n) is 10.5. The first-order chi connectivity index (χ1) is 8.54. The number of nitrogens with one attached hydrogen (secondary N) is 1. The summed E-state index contributed by atoms with van der Waals surface area (Å²) in [7, 11) is -0.803. The zero-order chi connectivity index (χ0) is 13.5. The van der Waals surface area contributed by atoms with E-state index in [2.05, 4.69) is 5.32 Å². The molecule has 0 aliphatic heterocycles. The van der Waals surface area contributed by atoms with Gasteiger partial charge in [0.1, 0.15) is 0 Å². The van der Waals surface area contributed by atoms with Gasteiger partial charge in [-0.15, -0.1) is 0 Å². The van der Waals surface area contributed by atoms with Gasteiger partial charge in [0.25, 0.3) is 0 Å². The summed E-state index contributed by atoms with van der Waals surface area (Å²) in [5.74, 6) is 0.585. The molecule has 0 aromatic heterocycles. The van der Waals surface area contributed by atoms with Gasteiger partial charge in [-0.1, -0.05) is 0 Å². The Bertz CT molecular complexity index is 506. The molecule has 0 radical (unpaired) electrons. The maximum Gasteiger partial charge on any atom is 0.161 e. The molecule has 4 nitrogen and oxygen atoms in total. The van der Waals surface area contributed by atoms with Crippen molar-refractivity contribution < 1.29 is 9.00 Å². The Morgan fingerprint density at radius 2 is 2.22 bits per heavy atom. The Balaban J connectivity index is 2.75. The standard InChI is InChI=1S/C13H16N2O2S/c1-10(16)12-5-4-11(9-14)8-13(12)15-6-3-7-18(2)17/h4-5,8,15H,3,6-7H2,1-2H3. The Hall–Kier alpha value is -1.67. The van der Waals surface area contributed by atoms with Crippen LogP contribution in [0.4, 0.5) is 5.69 Å². The Morgan fingerprint density at radius 3 is 2.78 bits per heavy atom. The number of nitriles is 1. The minimum atomic E-state index is -0.803. The molecule has 1 unspecified atom stereocenters. The highest BCUT2D eigenvalue weighted by atomic mass is 32.2. The number of rotatable bonds is 6. The largest absolute Gasteiger partial charge is 0.384 e. The Kier molecular flexibility index (Phi) is 5.53. The van der Waals surface area contributed by atoms with Gasteiger partial charge < -0.3 is 5.32 Å². The van der Waals surface area contributed by atoms with E-state index in [9.17, 15) is 9.00 Å². The van der Waals surface area contributed by atoms with E-state index in [4.69, 9.17) is 5.26 Å². The Morgan fingerprint density at radius 1 is 1.50 bits per heavy atom. The van der Waals surface area contributed by atoms with Crippen LogP contribution in [0.2, 0.25) is 0 Å². The van der Waals surface area contributed by atoms with Crippen LogP contribution in [0.3, 0.4) is 0 Å². The van der Waals surface area contributed by atoms with Crippen molar-refractivity contribution in [2.75, 3.05) is 23.9 Å². The van der Waals surface area contributed by atoms with Crippen LogP contribution in [0, 0.1) is 11.3 Å². The van der Waals surface area contributed by atoms with Crippen molar-refractivity contribution >= 4 is 22.3 Å². The van der Waals surface area contributed by atoms with Gasteiger partial charge in [-0.05, 0) is 31.5 Å². The number of nitrogens with zero attached hydrogens (tertiary/aromatic N) is 1. The molecule has 5 heteroatoms. The topological polar surface area (TPSA) is 70.0 Å². The van der Waals surface area contributed by atoms with Crippen LogP contribution in [0.5, 0.6) is 0 Å². The first kappa shape index (κ1) is 14.4. The Labute approximate surface area is 109 Å².